The van der Waals surface area contributed by atoms with Crippen LogP contribution in [0.5, 0.6) is 0 Å². The van der Waals surface area contributed by atoms with Gasteiger partial charge in [-0.1, -0.05) is 0 Å². The van der Waals surface area contributed by atoms with E-state index in [2.05, 4.69) is 11.0 Å². The second-order valence-corrected chi connectivity index (χ2v) is 6.12. The quantitative estimate of drug-likeness (QED) is 0.920. The van der Waals surface area contributed by atoms with Crippen molar-refractivity contribution in [1.82, 2.24) is 0 Å². The van der Waals surface area contributed by atoms with Gasteiger partial charge in [0.1, 0.15) is 0 Å². The summed E-state index contributed by atoms with van der Waals surface area (Å²) in [6, 6.07) is 9.84. The number of benzene rings is 1. The van der Waals surface area contributed by atoms with Crippen molar-refractivity contribution in [3.05, 3.63) is 29.8 Å². The van der Waals surface area contributed by atoms with Gasteiger partial charge in [0.25, 0.3) is 0 Å². The Kier molecular flexibility index (Phi) is 4.30. The van der Waals surface area contributed by atoms with Crippen LogP contribution in [0, 0.1) is 23.2 Å². The molecule has 1 amide bonds. The average Bonchev–Trinajstić information content (AvgIpc) is 3.05. The van der Waals surface area contributed by atoms with Crippen LogP contribution < -0.4 is 10.6 Å². The van der Waals surface area contributed by atoms with E-state index in [-0.39, 0.29) is 17.9 Å². The van der Waals surface area contributed by atoms with Crippen LogP contribution >= 0.6 is 0 Å². The number of rotatable bonds is 3. The molecule has 2 N–H and O–H groups in total. The number of carbonyl (C=O) groups is 1. The van der Waals surface area contributed by atoms with Gasteiger partial charge < -0.3 is 15.4 Å². The van der Waals surface area contributed by atoms with E-state index in [1.807, 2.05) is 24.3 Å². The first kappa shape index (κ1) is 14.9. The molecule has 0 radical (unpaired) electrons. The predicted octanol–water partition coefficient (Wildman–Crippen LogP) is 1.67. The van der Waals surface area contributed by atoms with Crippen molar-refractivity contribution in [2.75, 3.05) is 24.6 Å². The van der Waals surface area contributed by atoms with Gasteiger partial charge in [0.2, 0.25) is 5.91 Å². The zero-order valence-corrected chi connectivity index (χ0v) is 12.6. The van der Waals surface area contributed by atoms with Crippen LogP contribution in [0.1, 0.15) is 24.8 Å². The van der Waals surface area contributed by atoms with Crippen LogP contribution in [0.2, 0.25) is 0 Å². The fourth-order valence-corrected chi connectivity index (χ4v) is 3.61. The third-order valence-electron chi connectivity index (χ3n) is 4.87. The minimum absolute atomic E-state index is 0.000569. The number of amides is 1. The summed E-state index contributed by atoms with van der Waals surface area (Å²) in [4.78, 5) is 13.8. The first-order valence-electron chi connectivity index (χ1n) is 7.85. The first-order valence-corrected chi connectivity index (χ1v) is 7.85. The lowest BCUT2D eigenvalue weighted by atomic mass is 9.84. The average molecular weight is 299 g/mol. The third-order valence-corrected chi connectivity index (χ3v) is 4.87. The number of carbonyl (C=O) groups excluding carboxylic acids is 1. The molecule has 22 heavy (non-hydrogen) atoms. The molecule has 2 atom stereocenters. The summed E-state index contributed by atoms with van der Waals surface area (Å²) in [6.45, 7) is 2.54. The standard InChI is InChI=1S/C17H21N3O2/c18-11-12-1-3-14(4-2-12)20-8-5-13(6-9-20)16-15(17(19)21)7-10-22-16/h1-4,13,15-16H,5-10H2,(H2,19,21)/t15-,16+/m0/s1. The molecule has 2 saturated heterocycles. The predicted molar refractivity (Wildman–Crippen MR) is 83.1 cm³/mol. The third kappa shape index (κ3) is 2.93. The Hall–Kier alpha value is -2.06. The van der Waals surface area contributed by atoms with Gasteiger partial charge in [-0.05, 0) is 49.4 Å². The van der Waals surface area contributed by atoms with Crippen molar-refractivity contribution >= 4 is 11.6 Å². The normalized spacial score (nSPS) is 25.9. The maximum atomic E-state index is 11.5. The number of piperidine rings is 1. The fraction of sp³-hybridized carbons (Fsp3) is 0.529. The van der Waals surface area contributed by atoms with Crippen LogP contribution in [0.25, 0.3) is 0 Å². The summed E-state index contributed by atoms with van der Waals surface area (Å²) in [7, 11) is 0. The van der Waals surface area contributed by atoms with Gasteiger partial charge >= 0.3 is 0 Å². The van der Waals surface area contributed by atoms with Gasteiger partial charge in [-0.2, -0.15) is 5.26 Å². The van der Waals surface area contributed by atoms with Crippen molar-refractivity contribution in [3.63, 3.8) is 0 Å². The summed E-state index contributed by atoms with van der Waals surface area (Å²) >= 11 is 0. The smallest absolute Gasteiger partial charge is 0.223 e. The van der Waals surface area contributed by atoms with Crippen molar-refractivity contribution in [3.8, 4) is 6.07 Å². The van der Waals surface area contributed by atoms with E-state index in [1.165, 1.54) is 0 Å². The van der Waals surface area contributed by atoms with Crippen LogP contribution in [-0.2, 0) is 9.53 Å². The lowest BCUT2D eigenvalue weighted by Gasteiger charge is -2.37. The maximum absolute atomic E-state index is 11.5. The van der Waals surface area contributed by atoms with Gasteiger partial charge in [0, 0.05) is 25.4 Å². The van der Waals surface area contributed by atoms with Crippen molar-refractivity contribution < 1.29 is 9.53 Å². The summed E-state index contributed by atoms with van der Waals surface area (Å²) in [5.41, 5.74) is 7.32. The van der Waals surface area contributed by atoms with E-state index in [1.54, 1.807) is 0 Å². The lowest BCUT2D eigenvalue weighted by molar-refractivity contribution is -0.124. The highest BCUT2D eigenvalue weighted by Gasteiger charge is 2.39. The summed E-state index contributed by atoms with van der Waals surface area (Å²) in [5, 5.41) is 8.85. The van der Waals surface area contributed by atoms with Gasteiger partial charge in [-0.15, -0.1) is 0 Å². The molecule has 0 bridgehead atoms. The summed E-state index contributed by atoms with van der Waals surface area (Å²) < 4.78 is 5.78. The first-order chi connectivity index (χ1) is 10.7. The van der Waals surface area contributed by atoms with Gasteiger partial charge in [-0.3, -0.25) is 4.79 Å². The Bertz CT molecular complexity index is 571. The van der Waals surface area contributed by atoms with Crippen LogP contribution in [0.3, 0.4) is 0 Å². The van der Waals surface area contributed by atoms with Crippen LogP contribution in [0.15, 0.2) is 24.3 Å². The van der Waals surface area contributed by atoms with Crippen LogP contribution in [0.4, 0.5) is 5.69 Å². The molecule has 5 heteroatoms. The molecular formula is C17H21N3O2. The molecule has 0 spiro atoms. The number of ether oxygens (including phenoxy) is 1. The lowest BCUT2D eigenvalue weighted by Crippen LogP contribution is -2.42. The van der Waals surface area contributed by atoms with Crippen molar-refractivity contribution in [2.24, 2.45) is 17.6 Å². The molecule has 0 aliphatic carbocycles. The molecule has 1 aromatic carbocycles. The molecule has 1 aromatic rings. The zero-order valence-electron chi connectivity index (χ0n) is 12.6. The van der Waals surface area contributed by atoms with Crippen LogP contribution in [-0.4, -0.2) is 31.7 Å². The SMILES string of the molecule is N#Cc1ccc(N2CCC([C@H]3OCC[C@@H]3C(N)=O)CC2)cc1. The van der Waals surface area contributed by atoms with Crippen molar-refractivity contribution in [1.29, 1.82) is 5.26 Å². The summed E-state index contributed by atoms with van der Waals surface area (Å²) in [6.07, 6.45) is 2.78. The fourth-order valence-electron chi connectivity index (χ4n) is 3.61. The Balaban J connectivity index is 1.60. The molecule has 2 heterocycles. The number of nitrogens with zero attached hydrogens (tertiary/aromatic N) is 2. The van der Waals surface area contributed by atoms with E-state index in [4.69, 9.17) is 15.7 Å². The van der Waals surface area contributed by atoms with Crippen molar-refractivity contribution in [2.45, 2.75) is 25.4 Å². The molecule has 0 aromatic heterocycles. The van der Waals surface area contributed by atoms with E-state index < -0.39 is 0 Å². The number of anilines is 1. The monoisotopic (exact) mass is 299 g/mol. The maximum Gasteiger partial charge on any atom is 0.223 e. The minimum atomic E-state index is -0.225. The molecule has 2 aliphatic heterocycles. The number of nitrogens with two attached hydrogens (primary N) is 1. The Morgan fingerprint density at radius 1 is 1.23 bits per heavy atom. The molecule has 3 rings (SSSR count). The van der Waals surface area contributed by atoms with Gasteiger partial charge in [0.05, 0.1) is 23.7 Å². The molecule has 2 aliphatic rings. The number of primary amides is 1. The van der Waals surface area contributed by atoms with E-state index in [0.29, 0.717) is 18.1 Å². The number of hydrogen-bond acceptors (Lipinski definition) is 4. The van der Waals surface area contributed by atoms with Gasteiger partial charge in [-0.25, -0.2) is 0 Å². The molecule has 2 fully saturated rings. The number of hydrogen-bond donors (Lipinski definition) is 1. The highest BCUT2D eigenvalue weighted by atomic mass is 16.5. The highest BCUT2D eigenvalue weighted by Crippen LogP contribution is 2.34. The van der Waals surface area contributed by atoms with E-state index >= 15 is 0 Å². The largest absolute Gasteiger partial charge is 0.377 e. The second-order valence-electron chi connectivity index (χ2n) is 6.12. The van der Waals surface area contributed by atoms with Gasteiger partial charge in [0.15, 0.2) is 0 Å². The Labute approximate surface area is 130 Å². The van der Waals surface area contributed by atoms with E-state index in [0.717, 1.165) is 38.0 Å². The minimum Gasteiger partial charge on any atom is -0.377 e. The molecule has 0 unspecified atom stereocenters. The highest BCUT2D eigenvalue weighted by molar-refractivity contribution is 5.77. The molecule has 116 valence electrons. The van der Waals surface area contributed by atoms with E-state index in [9.17, 15) is 4.79 Å². The molecule has 5 nitrogen and oxygen atoms in total. The molecular weight excluding hydrogens is 278 g/mol. The Morgan fingerprint density at radius 2 is 1.91 bits per heavy atom. The number of nitriles is 1. The molecule has 0 saturated carbocycles. The zero-order chi connectivity index (χ0) is 15.5. The topological polar surface area (TPSA) is 79.3 Å². The Morgan fingerprint density at radius 3 is 2.50 bits per heavy atom. The second kappa shape index (κ2) is 6.37. The summed E-state index contributed by atoms with van der Waals surface area (Å²) in [5.74, 6) is 0.0677.